The minimum Gasteiger partial charge on any atom is -0.454 e. The number of carbonyl (C=O) groups excluding carboxylic acids is 2. The highest BCUT2D eigenvalue weighted by atomic mass is 35.5. The summed E-state index contributed by atoms with van der Waals surface area (Å²) in [7, 11) is 0. The predicted octanol–water partition coefficient (Wildman–Crippen LogP) is 6.31. The number of rotatable bonds is 11. The average molecular weight is 585 g/mol. The second-order valence-corrected chi connectivity index (χ2v) is 10.9. The fraction of sp³-hybridized carbons (Fsp3) is 0.294. The van der Waals surface area contributed by atoms with Gasteiger partial charge >= 0.3 is 0 Å². The van der Waals surface area contributed by atoms with E-state index in [1.165, 1.54) is 5.56 Å². The molecule has 0 saturated carbocycles. The molecule has 0 spiro atoms. The third-order valence-electron chi connectivity index (χ3n) is 7.49. The Bertz CT molecular complexity index is 1500. The first-order valence-corrected chi connectivity index (χ1v) is 14.9. The van der Waals surface area contributed by atoms with Crippen LogP contribution in [-0.4, -0.2) is 70.3 Å². The van der Waals surface area contributed by atoms with Crippen LogP contribution in [0.3, 0.4) is 0 Å². The van der Waals surface area contributed by atoms with Gasteiger partial charge in [-0.3, -0.25) is 14.5 Å². The molecule has 1 aliphatic heterocycles. The third kappa shape index (κ3) is 7.41. The molecule has 3 heterocycles. The van der Waals surface area contributed by atoms with Gasteiger partial charge in [0.15, 0.2) is 5.76 Å². The number of nitrogens with zero attached hydrogens (tertiary/aromatic N) is 4. The summed E-state index contributed by atoms with van der Waals surface area (Å²) in [6.45, 7) is 7.44. The standard InChI is InChI=1S/C34H37ClN4O3/c1-2-18-39(33(40)30-14-6-7-15-31(30)35)25-28-13-9-20-38(28)26-29-16-17-32(42-29)34(41)37-23-21-36(22-24-37)19-8-12-27-10-4-3-5-11-27/h3-17,20H,2,18-19,21-26H2,1H3/b12-8+. The Morgan fingerprint density at radius 1 is 0.929 bits per heavy atom. The van der Waals surface area contributed by atoms with Crippen LogP contribution in [0.4, 0.5) is 0 Å². The van der Waals surface area contributed by atoms with Gasteiger partial charge in [0.05, 0.1) is 23.7 Å². The number of amides is 2. The van der Waals surface area contributed by atoms with Crippen LogP contribution in [0, 0.1) is 0 Å². The highest BCUT2D eigenvalue weighted by molar-refractivity contribution is 6.33. The van der Waals surface area contributed by atoms with Crippen molar-refractivity contribution in [1.29, 1.82) is 0 Å². The zero-order chi connectivity index (χ0) is 29.3. The van der Waals surface area contributed by atoms with E-state index in [0.717, 1.165) is 31.7 Å². The lowest BCUT2D eigenvalue weighted by molar-refractivity contribution is 0.0616. The first-order chi connectivity index (χ1) is 20.5. The lowest BCUT2D eigenvalue weighted by atomic mass is 10.2. The van der Waals surface area contributed by atoms with Gasteiger partial charge in [-0.25, -0.2) is 0 Å². The molecule has 218 valence electrons. The number of piperazine rings is 1. The van der Waals surface area contributed by atoms with E-state index in [9.17, 15) is 9.59 Å². The van der Waals surface area contributed by atoms with Gasteiger partial charge in [0.2, 0.25) is 0 Å². The van der Waals surface area contributed by atoms with E-state index < -0.39 is 0 Å². The van der Waals surface area contributed by atoms with Crippen molar-refractivity contribution in [3.63, 3.8) is 0 Å². The summed E-state index contributed by atoms with van der Waals surface area (Å²) in [6, 6.07) is 25.0. The number of hydrogen-bond acceptors (Lipinski definition) is 4. The van der Waals surface area contributed by atoms with Gasteiger partial charge < -0.3 is 18.8 Å². The molecule has 2 aromatic carbocycles. The zero-order valence-corrected chi connectivity index (χ0v) is 24.7. The molecule has 5 rings (SSSR count). The molecule has 0 bridgehead atoms. The lowest BCUT2D eigenvalue weighted by Crippen LogP contribution is -2.48. The maximum Gasteiger partial charge on any atom is 0.289 e. The second kappa shape index (κ2) is 14.2. The number of carbonyl (C=O) groups is 2. The molecule has 1 fully saturated rings. The van der Waals surface area contributed by atoms with E-state index in [2.05, 4.69) is 40.7 Å². The van der Waals surface area contributed by atoms with Crippen molar-refractivity contribution >= 4 is 29.5 Å². The molecule has 0 radical (unpaired) electrons. The number of benzene rings is 2. The van der Waals surface area contributed by atoms with E-state index in [-0.39, 0.29) is 11.8 Å². The Hall–Kier alpha value is -4.07. The van der Waals surface area contributed by atoms with Crippen molar-refractivity contribution in [2.24, 2.45) is 0 Å². The quantitative estimate of drug-likeness (QED) is 0.207. The second-order valence-electron chi connectivity index (χ2n) is 10.5. The Labute approximate surface area is 252 Å². The minimum absolute atomic E-state index is 0.0760. The molecule has 1 saturated heterocycles. The third-order valence-corrected chi connectivity index (χ3v) is 7.82. The molecule has 8 heteroatoms. The number of halogens is 1. The first kappa shape index (κ1) is 29.4. The highest BCUT2D eigenvalue weighted by Crippen LogP contribution is 2.20. The van der Waals surface area contributed by atoms with Crippen LogP contribution in [0.15, 0.2) is 95.6 Å². The van der Waals surface area contributed by atoms with E-state index in [4.69, 9.17) is 16.0 Å². The summed E-state index contributed by atoms with van der Waals surface area (Å²) in [5, 5.41) is 0.452. The molecule has 2 amide bonds. The molecule has 2 aromatic heterocycles. The van der Waals surface area contributed by atoms with Gasteiger partial charge in [-0.05, 0) is 48.4 Å². The van der Waals surface area contributed by atoms with Crippen molar-refractivity contribution in [3.05, 3.63) is 124 Å². The number of furan rings is 1. The van der Waals surface area contributed by atoms with Gasteiger partial charge in [-0.1, -0.05) is 73.1 Å². The normalized spacial score (nSPS) is 14.0. The Kier molecular flexibility index (Phi) is 9.95. The highest BCUT2D eigenvalue weighted by Gasteiger charge is 2.24. The van der Waals surface area contributed by atoms with Crippen LogP contribution in [-0.2, 0) is 13.1 Å². The van der Waals surface area contributed by atoms with Crippen LogP contribution < -0.4 is 0 Å². The molecular weight excluding hydrogens is 548 g/mol. The van der Waals surface area contributed by atoms with Crippen LogP contribution in [0.2, 0.25) is 5.02 Å². The van der Waals surface area contributed by atoms with Crippen molar-refractivity contribution < 1.29 is 14.0 Å². The fourth-order valence-corrected chi connectivity index (χ4v) is 5.42. The van der Waals surface area contributed by atoms with Crippen LogP contribution in [0.1, 0.15) is 51.3 Å². The van der Waals surface area contributed by atoms with Crippen molar-refractivity contribution in [2.45, 2.75) is 26.4 Å². The Balaban J connectivity index is 1.16. The van der Waals surface area contributed by atoms with Crippen molar-refractivity contribution in [1.82, 2.24) is 19.3 Å². The molecule has 0 aliphatic carbocycles. The van der Waals surface area contributed by atoms with Gasteiger partial charge in [0.1, 0.15) is 5.76 Å². The Morgan fingerprint density at radius 2 is 1.69 bits per heavy atom. The number of aromatic nitrogens is 1. The molecule has 7 nitrogen and oxygen atoms in total. The average Bonchev–Trinajstić information content (AvgIpc) is 3.67. The fourth-order valence-electron chi connectivity index (χ4n) is 5.21. The van der Waals surface area contributed by atoms with Crippen LogP contribution in [0.5, 0.6) is 0 Å². The van der Waals surface area contributed by atoms with E-state index in [0.29, 0.717) is 54.8 Å². The molecule has 42 heavy (non-hydrogen) atoms. The first-order valence-electron chi connectivity index (χ1n) is 14.5. The molecular formula is C34H37ClN4O3. The van der Waals surface area contributed by atoms with Gasteiger partial charge in [-0.2, -0.15) is 0 Å². The summed E-state index contributed by atoms with van der Waals surface area (Å²) in [5.41, 5.74) is 2.67. The predicted molar refractivity (Wildman–Crippen MR) is 167 cm³/mol. The van der Waals surface area contributed by atoms with Crippen LogP contribution in [0.25, 0.3) is 6.08 Å². The van der Waals surface area contributed by atoms with E-state index in [1.807, 2.05) is 64.5 Å². The van der Waals surface area contributed by atoms with Gasteiger partial charge in [0.25, 0.3) is 11.8 Å². The minimum atomic E-state index is -0.0894. The van der Waals surface area contributed by atoms with Crippen LogP contribution >= 0.6 is 11.6 Å². The largest absolute Gasteiger partial charge is 0.454 e. The summed E-state index contributed by atoms with van der Waals surface area (Å²) < 4.78 is 8.07. The summed E-state index contributed by atoms with van der Waals surface area (Å²) in [5.74, 6) is 0.888. The molecule has 0 unspecified atom stereocenters. The van der Waals surface area contributed by atoms with Crippen molar-refractivity contribution in [2.75, 3.05) is 39.3 Å². The maximum absolute atomic E-state index is 13.3. The maximum atomic E-state index is 13.3. The molecule has 1 aliphatic rings. The van der Waals surface area contributed by atoms with E-state index >= 15 is 0 Å². The Morgan fingerprint density at radius 3 is 2.45 bits per heavy atom. The lowest BCUT2D eigenvalue weighted by Gasteiger charge is -2.33. The van der Waals surface area contributed by atoms with E-state index in [1.54, 1.807) is 18.2 Å². The molecule has 0 N–H and O–H groups in total. The topological polar surface area (TPSA) is 61.9 Å². The smallest absolute Gasteiger partial charge is 0.289 e. The summed E-state index contributed by atoms with van der Waals surface area (Å²) >= 11 is 6.32. The molecule has 0 atom stereocenters. The SMILES string of the molecule is CCCN(Cc1cccn1Cc1ccc(C(=O)N2CCN(C/C=C/c3ccccc3)CC2)o1)C(=O)c1ccccc1Cl. The summed E-state index contributed by atoms with van der Waals surface area (Å²) in [6.07, 6.45) is 7.11. The van der Waals surface area contributed by atoms with Gasteiger partial charge in [-0.15, -0.1) is 0 Å². The van der Waals surface area contributed by atoms with Gasteiger partial charge in [0, 0.05) is 51.2 Å². The monoisotopic (exact) mass is 584 g/mol. The van der Waals surface area contributed by atoms with Crippen molar-refractivity contribution in [3.8, 4) is 0 Å². The molecule has 4 aromatic rings. The zero-order valence-electron chi connectivity index (χ0n) is 24.0. The number of hydrogen-bond donors (Lipinski definition) is 0. The summed E-state index contributed by atoms with van der Waals surface area (Å²) in [4.78, 5) is 32.5.